The lowest BCUT2D eigenvalue weighted by Gasteiger charge is -2.35. The summed E-state index contributed by atoms with van der Waals surface area (Å²) >= 11 is 10.1. The highest BCUT2D eigenvalue weighted by molar-refractivity contribution is 7.81. The molecule has 1 aliphatic rings. The van der Waals surface area contributed by atoms with Gasteiger partial charge in [-0.15, -0.1) is 0 Å². The van der Waals surface area contributed by atoms with E-state index in [9.17, 15) is 13.6 Å². The molecule has 0 aromatic heterocycles. The first kappa shape index (κ1) is 18.9. The highest BCUT2D eigenvalue weighted by Crippen LogP contribution is 2.23. The SMILES string of the molecule is O=C(c1ccc(NS)cc1Cl)N1CCN(Cc2cc(F)cc(F)c2)CC1. The monoisotopic (exact) mass is 397 g/mol. The van der Waals surface area contributed by atoms with Gasteiger partial charge < -0.3 is 9.62 Å². The van der Waals surface area contributed by atoms with Crippen molar-refractivity contribution >= 4 is 36.0 Å². The molecule has 0 atom stereocenters. The van der Waals surface area contributed by atoms with Crippen molar-refractivity contribution in [2.75, 3.05) is 30.9 Å². The van der Waals surface area contributed by atoms with Crippen LogP contribution in [0.3, 0.4) is 0 Å². The van der Waals surface area contributed by atoms with Crippen LogP contribution in [0.4, 0.5) is 14.5 Å². The first-order chi connectivity index (χ1) is 12.5. The number of benzene rings is 2. The van der Waals surface area contributed by atoms with Crippen LogP contribution >= 0.6 is 24.4 Å². The Labute approximate surface area is 161 Å². The van der Waals surface area contributed by atoms with Gasteiger partial charge in [-0.05, 0) is 35.9 Å². The molecule has 138 valence electrons. The van der Waals surface area contributed by atoms with Crippen molar-refractivity contribution < 1.29 is 13.6 Å². The normalized spacial score (nSPS) is 15.2. The molecule has 0 unspecified atom stereocenters. The van der Waals surface area contributed by atoms with Gasteiger partial charge in [-0.25, -0.2) is 8.78 Å². The predicted octanol–water partition coefficient (Wildman–Crippen LogP) is 3.83. The molecule has 1 heterocycles. The molecule has 0 saturated carbocycles. The smallest absolute Gasteiger partial charge is 0.255 e. The third-order valence-corrected chi connectivity index (χ3v) is 4.89. The quantitative estimate of drug-likeness (QED) is 0.770. The summed E-state index contributed by atoms with van der Waals surface area (Å²) in [6.45, 7) is 2.74. The van der Waals surface area contributed by atoms with Gasteiger partial charge in [-0.3, -0.25) is 9.69 Å². The average molecular weight is 398 g/mol. The van der Waals surface area contributed by atoms with Gasteiger partial charge >= 0.3 is 0 Å². The minimum atomic E-state index is -0.581. The maximum atomic E-state index is 13.3. The summed E-state index contributed by atoms with van der Waals surface area (Å²) in [5.41, 5.74) is 1.74. The summed E-state index contributed by atoms with van der Waals surface area (Å²) in [4.78, 5) is 16.5. The molecule has 8 heteroatoms. The van der Waals surface area contributed by atoms with E-state index in [2.05, 4.69) is 22.4 Å². The molecule has 4 nitrogen and oxygen atoms in total. The van der Waals surface area contributed by atoms with Crippen LogP contribution in [-0.4, -0.2) is 41.9 Å². The van der Waals surface area contributed by atoms with Crippen molar-refractivity contribution in [1.29, 1.82) is 0 Å². The Morgan fingerprint density at radius 1 is 1.08 bits per heavy atom. The predicted molar refractivity (Wildman–Crippen MR) is 102 cm³/mol. The summed E-state index contributed by atoms with van der Waals surface area (Å²) < 4.78 is 29.3. The number of piperazine rings is 1. The van der Waals surface area contributed by atoms with Crippen molar-refractivity contribution in [3.05, 3.63) is 64.2 Å². The lowest BCUT2D eigenvalue weighted by Crippen LogP contribution is -2.48. The van der Waals surface area contributed by atoms with Crippen molar-refractivity contribution in [2.24, 2.45) is 0 Å². The van der Waals surface area contributed by atoms with E-state index in [1.807, 2.05) is 0 Å². The standard InChI is InChI=1S/C18H18ClF2N3OS/c19-17-10-15(22-26)1-2-16(17)18(25)24-5-3-23(4-6-24)11-12-7-13(20)9-14(21)8-12/h1-2,7-10,22,26H,3-6,11H2. The number of nitrogens with one attached hydrogen (secondary N) is 1. The molecule has 1 N–H and O–H groups in total. The fourth-order valence-electron chi connectivity index (χ4n) is 3.00. The minimum Gasteiger partial charge on any atom is -0.336 e. The van der Waals surface area contributed by atoms with Crippen LogP contribution in [0, 0.1) is 11.6 Å². The molecular formula is C18H18ClF2N3OS. The molecule has 0 spiro atoms. The summed E-state index contributed by atoms with van der Waals surface area (Å²) in [5.74, 6) is -1.29. The Balaban J connectivity index is 1.60. The van der Waals surface area contributed by atoms with Gasteiger partial charge in [0.2, 0.25) is 0 Å². The average Bonchev–Trinajstić information content (AvgIpc) is 2.61. The molecule has 0 bridgehead atoms. The second-order valence-corrected chi connectivity index (χ2v) is 6.78. The van der Waals surface area contributed by atoms with Gasteiger partial charge in [0, 0.05) is 44.5 Å². The molecular weight excluding hydrogens is 380 g/mol. The highest BCUT2D eigenvalue weighted by atomic mass is 35.5. The molecule has 1 fully saturated rings. The molecule has 1 aliphatic heterocycles. The van der Waals surface area contributed by atoms with E-state index in [0.29, 0.717) is 54.6 Å². The Morgan fingerprint density at radius 2 is 1.73 bits per heavy atom. The van der Waals surface area contributed by atoms with Crippen molar-refractivity contribution in [2.45, 2.75) is 6.54 Å². The Kier molecular flexibility index (Phi) is 6.01. The first-order valence-corrected chi connectivity index (χ1v) is 8.95. The second-order valence-electron chi connectivity index (χ2n) is 6.15. The van der Waals surface area contributed by atoms with Crippen LogP contribution in [-0.2, 0) is 6.54 Å². The number of nitrogens with zero attached hydrogens (tertiary/aromatic N) is 2. The number of rotatable bonds is 4. The zero-order chi connectivity index (χ0) is 18.7. The third kappa shape index (κ3) is 4.47. The van der Waals surface area contributed by atoms with Gasteiger partial charge in [0.1, 0.15) is 11.6 Å². The van der Waals surface area contributed by atoms with Crippen molar-refractivity contribution in [3.63, 3.8) is 0 Å². The topological polar surface area (TPSA) is 35.6 Å². The van der Waals surface area contributed by atoms with E-state index in [-0.39, 0.29) is 5.91 Å². The lowest BCUT2D eigenvalue weighted by atomic mass is 10.1. The zero-order valence-corrected chi connectivity index (χ0v) is 15.5. The van der Waals surface area contributed by atoms with Crippen LogP contribution in [0.15, 0.2) is 36.4 Å². The molecule has 1 amide bonds. The fourth-order valence-corrected chi connectivity index (χ4v) is 3.40. The van der Waals surface area contributed by atoms with Crippen molar-refractivity contribution in [1.82, 2.24) is 9.80 Å². The number of carbonyl (C=O) groups excluding carboxylic acids is 1. The van der Waals surface area contributed by atoms with E-state index in [0.717, 1.165) is 6.07 Å². The summed E-state index contributed by atoms with van der Waals surface area (Å²) in [6.07, 6.45) is 0. The van der Waals surface area contributed by atoms with Crippen molar-refractivity contribution in [3.8, 4) is 0 Å². The fraction of sp³-hybridized carbons (Fsp3) is 0.278. The maximum Gasteiger partial charge on any atom is 0.255 e. The van der Waals surface area contributed by atoms with Crippen LogP contribution in [0.1, 0.15) is 15.9 Å². The summed E-state index contributed by atoms with van der Waals surface area (Å²) in [7, 11) is 0. The number of amides is 1. The summed E-state index contributed by atoms with van der Waals surface area (Å²) in [5, 5.41) is 0.367. The Hall–Kier alpha value is -1.83. The number of anilines is 1. The summed E-state index contributed by atoms with van der Waals surface area (Å²) in [6, 6.07) is 8.58. The molecule has 3 rings (SSSR count). The van der Waals surface area contributed by atoms with E-state index in [1.165, 1.54) is 12.1 Å². The van der Waals surface area contributed by atoms with E-state index in [1.54, 1.807) is 23.1 Å². The first-order valence-electron chi connectivity index (χ1n) is 8.12. The van der Waals surface area contributed by atoms with E-state index >= 15 is 0 Å². The van der Waals surface area contributed by atoms with E-state index in [4.69, 9.17) is 11.6 Å². The number of hydrogen-bond donors (Lipinski definition) is 2. The number of hydrogen-bond acceptors (Lipinski definition) is 4. The lowest BCUT2D eigenvalue weighted by molar-refractivity contribution is 0.0628. The van der Waals surface area contributed by atoms with Gasteiger partial charge in [0.05, 0.1) is 10.6 Å². The van der Waals surface area contributed by atoms with Gasteiger partial charge in [0.25, 0.3) is 5.91 Å². The molecule has 0 radical (unpaired) electrons. The number of halogens is 3. The Morgan fingerprint density at radius 3 is 2.31 bits per heavy atom. The van der Waals surface area contributed by atoms with Crippen LogP contribution in [0.25, 0.3) is 0 Å². The molecule has 2 aromatic carbocycles. The Bertz CT molecular complexity index is 793. The van der Waals surface area contributed by atoms with Crippen LogP contribution < -0.4 is 4.72 Å². The minimum absolute atomic E-state index is 0.128. The second kappa shape index (κ2) is 8.24. The molecule has 2 aromatic rings. The maximum absolute atomic E-state index is 13.3. The highest BCUT2D eigenvalue weighted by Gasteiger charge is 2.24. The molecule has 0 aliphatic carbocycles. The number of carbonyl (C=O) groups is 1. The third-order valence-electron chi connectivity index (χ3n) is 4.32. The largest absolute Gasteiger partial charge is 0.336 e. The van der Waals surface area contributed by atoms with Gasteiger partial charge in [0.15, 0.2) is 0 Å². The van der Waals surface area contributed by atoms with Crippen LogP contribution in [0.5, 0.6) is 0 Å². The van der Waals surface area contributed by atoms with E-state index < -0.39 is 11.6 Å². The molecule has 1 saturated heterocycles. The molecule has 26 heavy (non-hydrogen) atoms. The van der Waals surface area contributed by atoms with Gasteiger partial charge in [-0.2, -0.15) is 0 Å². The number of thiol groups is 1. The van der Waals surface area contributed by atoms with Crippen LogP contribution in [0.2, 0.25) is 5.02 Å². The van der Waals surface area contributed by atoms with Gasteiger partial charge in [-0.1, -0.05) is 24.4 Å². The zero-order valence-electron chi connectivity index (χ0n) is 13.9.